The molecular formula is C21H21F3N4OS. The third-order valence-electron chi connectivity index (χ3n) is 4.66. The molecule has 0 saturated carbocycles. The zero-order valence-corrected chi connectivity index (χ0v) is 17.6. The Morgan fingerprint density at radius 3 is 2.50 bits per heavy atom. The number of thioether (sulfide) groups is 1. The number of nitrogens with zero attached hydrogens (tertiary/aromatic N) is 3. The molecule has 1 aromatic carbocycles. The minimum atomic E-state index is -4.42. The van der Waals surface area contributed by atoms with Crippen molar-refractivity contribution in [3.8, 4) is 5.69 Å². The number of amides is 1. The zero-order valence-electron chi connectivity index (χ0n) is 16.7. The predicted molar refractivity (Wildman–Crippen MR) is 110 cm³/mol. The van der Waals surface area contributed by atoms with Crippen LogP contribution in [0.3, 0.4) is 0 Å². The molecule has 0 spiro atoms. The maximum absolute atomic E-state index is 12.6. The van der Waals surface area contributed by atoms with E-state index in [4.69, 9.17) is 0 Å². The number of alkyl halides is 3. The van der Waals surface area contributed by atoms with Crippen molar-refractivity contribution in [3.63, 3.8) is 0 Å². The molecule has 0 fully saturated rings. The average Bonchev–Trinajstić information content (AvgIpc) is 2.98. The molecule has 2 aromatic heterocycles. The average molecular weight is 434 g/mol. The van der Waals surface area contributed by atoms with Crippen LogP contribution in [0.25, 0.3) is 5.69 Å². The summed E-state index contributed by atoms with van der Waals surface area (Å²) < 4.78 is 39.6. The van der Waals surface area contributed by atoms with Crippen LogP contribution >= 0.6 is 11.8 Å². The van der Waals surface area contributed by atoms with Gasteiger partial charge in [-0.15, -0.1) is 0 Å². The van der Waals surface area contributed by atoms with Gasteiger partial charge in [-0.05, 0) is 44.5 Å². The summed E-state index contributed by atoms with van der Waals surface area (Å²) in [5.41, 5.74) is 3.98. The summed E-state index contributed by atoms with van der Waals surface area (Å²) >= 11 is 1.08. The summed E-state index contributed by atoms with van der Waals surface area (Å²) in [4.78, 5) is 16.0. The van der Waals surface area contributed by atoms with Gasteiger partial charge >= 0.3 is 6.18 Å². The quantitative estimate of drug-likeness (QED) is 0.575. The number of hydrogen-bond acceptors (Lipinski definition) is 4. The van der Waals surface area contributed by atoms with Gasteiger partial charge in [0.1, 0.15) is 0 Å². The molecule has 0 aliphatic rings. The van der Waals surface area contributed by atoms with Crippen LogP contribution in [0.1, 0.15) is 28.1 Å². The molecule has 0 saturated heterocycles. The van der Waals surface area contributed by atoms with E-state index >= 15 is 0 Å². The number of aromatic nitrogens is 3. The van der Waals surface area contributed by atoms with Gasteiger partial charge in [0, 0.05) is 24.0 Å². The first-order valence-electron chi connectivity index (χ1n) is 9.20. The Hall–Kier alpha value is -2.81. The highest BCUT2D eigenvalue weighted by molar-refractivity contribution is 7.99. The molecule has 158 valence electrons. The van der Waals surface area contributed by atoms with E-state index in [2.05, 4.69) is 15.4 Å². The topological polar surface area (TPSA) is 59.8 Å². The van der Waals surface area contributed by atoms with E-state index in [9.17, 15) is 18.0 Å². The molecule has 5 nitrogen and oxygen atoms in total. The van der Waals surface area contributed by atoms with Gasteiger partial charge in [0.2, 0.25) is 5.91 Å². The molecule has 0 atom stereocenters. The minimum absolute atomic E-state index is 0.0579. The van der Waals surface area contributed by atoms with Gasteiger partial charge in [0.25, 0.3) is 0 Å². The normalized spacial score (nSPS) is 11.5. The fourth-order valence-electron chi connectivity index (χ4n) is 2.98. The Morgan fingerprint density at radius 2 is 1.87 bits per heavy atom. The van der Waals surface area contributed by atoms with E-state index in [0.29, 0.717) is 11.6 Å². The summed E-state index contributed by atoms with van der Waals surface area (Å²) in [5.74, 6) is -0.174. The molecule has 0 radical (unpaired) electrons. The van der Waals surface area contributed by atoms with Gasteiger partial charge in [0.05, 0.1) is 27.7 Å². The molecule has 9 heteroatoms. The molecule has 3 rings (SSSR count). The Labute approximate surface area is 176 Å². The number of nitrogens with one attached hydrogen (secondary N) is 1. The number of rotatable bonds is 6. The van der Waals surface area contributed by atoms with Crippen molar-refractivity contribution in [1.29, 1.82) is 0 Å². The van der Waals surface area contributed by atoms with Crippen molar-refractivity contribution in [2.24, 2.45) is 0 Å². The lowest BCUT2D eigenvalue weighted by Gasteiger charge is -2.09. The van der Waals surface area contributed by atoms with E-state index in [1.165, 1.54) is 6.07 Å². The van der Waals surface area contributed by atoms with Gasteiger partial charge in [-0.25, -0.2) is 9.67 Å². The minimum Gasteiger partial charge on any atom is -0.351 e. The summed E-state index contributed by atoms with van der Waals surface area (Å²) in [6.45, 7) is 6.18. The Morgan fingerprint density at radius 1 is 1.13 bits per heavy atom. The first-order valence-corrected chi connectivity index (χ1v) is 10.2. The highest BCUT2D eigenvalue weighted by Gasteiger charge is 2.30. The van der Waals surface area contributed by atoms with E-state index in [1.807, 2.05) is 49.7 Å². The summed E-state index contributed by atoms with van der Waals surface area (Å²) in [5, 5.41) is 7.80. The van der Waals surface area contributed by atoms with E-state index < -0.39 is 11.7 Å². The van der Waals surface area contributed by atoms with Gasteiger partial charge in [-0.1, -0.05) is 30.0 Å². The SMILES string of the molecule is Cc1ccccc1-n1nc(C)c(CNC(=O)CSc2ccc(C(F)(F)F)cn2)c1C. The highest BCUT2D eigenvalue weighted by Crippen LogP contribution is 2.29. The van der Waals surface area contributed by atoms with Gasteiger partial charge in [-0.2, -0.15) is 18.3 Å². The number of hydrogen-bond donors (Lipinski definition) is 1. The predicted octanol–water partition coefficient (Wildman–Crippen LogP) is 4.62. The van der Waals surface area contributed by atoms with E-state index in [1.54, 1.807) is 0 Å². The van der Waals surface area contributed by atoms with Crippen molar-refractivity contribution < 1.29 is 18.0 Å². The summed E-state index contributed by atoms with van der Waals surface area (Å²) in [7, 11) is 0. The second kappa shape index (κ2) is 8.91. The molecule has 2 heterocycles. The standard InChI is InChI=1S/C21H21F3N4OS/c1-13-6-4-5-7-18(13)28-15(3)17(14(2)27-28)11-25-19(29)12-30-20-9-8-16(10-26-20)21(22,23)24/h4-10H,11-12H2,1-3H3,(H,25,29). The van der Waals surface area contributed by atoms with Crippen LogP contribution in [0.2, 0.25) is 0 Å². The monoisotopic (exact) mass is 434 g/mol. The number of benzene rings is 1. The lowest BCUT2D eigenvalue weighted by atomic mass is 10.1. The summed E-state index contributed by atoms with van der Waals surface area (Å²) in [6.07, 6.45) is -3.65. The molecule has 30 heavy (non-hydrogen) atoms. The number of pyridine rings is 1. The Balaban J connectivity index is 1.59. The third kappa shape index (κ3) is 5.02. The number of aryl methyl sites for hydroxylation is 2. The number of carbonyl (C=O) groups excluding carboxylic acids is 1. The zero-order chi connectivity index (χ0) is 21.9. The van der Waals surface area contributed by atoms with E-state index in [0.717, 1.165) is 52.2 Å². The van der Waals surface area contributed by atoms with Gasteiger partial charge in [0.15, 0.2) is 0 Å². The fraction of sp³-hybridized carbons (Fsp3) is 0.286. The number of halogens is 3. The molecule has 1 amide bonds. The van der Waals surface area contributed by atoms with Crippen molar-refractivity contribution in [1.82, 2.24) is 20.1 Å². The van der Waals surface area contributed by atoms with Crippen LogP contribution in [0, 0.1) is 20.8 Å². The number of para-hydroxylation sites is 1. The van der Waals surface area contributed by atoms with Crippen molar-refractivity contribution in [2.45, 2.75) is 38.5 Å². The van der Waals surface area contributed by atoms with E-state index in [-0.39, 0.29) is 11.7 Å². The molecular weight excluding hydrogens is 413 g/mol. The van der Waals surface area contributed by atoms with Crippen molar-refractivity contribution in [3.05, 3.63) is 70.7 Å². The molecule has 1 N–H and O–H groups in total. The molecule has 0 bridgehead atoms. The van der Waals surface area contributed by atoms with Crippen LogP contribution < -0.4 is 5.32 Å². The smallest absolute Gasteiger partial charge is 0.351 e. The maximum atomic E-state index is 12.6. The molecule has 3 aromatic rings. The first kappa shape index (κ1) is 21.9. The lowest BCUT2D eigenvalue weighted by molar-refractivity contribution is -0.137. The van der Waals surface area contributed by atoms with Crippen LogP contribution in [0.15, 0.2) is 47.6 Å². The molecule has 0 unspecified atom stereocenters. The van der Waals surface area contributed by atoms with Crippen LogP contribution in [-0.4, -0.2) is 26.4 Å². The molecule has 0 aliphatic carbocycles. The van der Waals surface area contributed by atoms with Gasteiger partial charge in [-0.3, -0.25) is 4.79 Å². The summed E-state index contributed by atoms with van der Waals surface area (Å²) in [6, 6.07) is 10.1. The fourth-order valence-corrected chi connectivity index (χ4v) is 3.65. The van der Waals surface area contributed by atoms with Crippen LogP contribution in [-0.2, 0) is 17.5 Å². The Bertz CT molecular complexity index is 1050. The van der Waals surface area contributed by atoms with Crippen LogP contribution in [0.4, 0.5) is 13.2 Å². The second-order valence-electron chi connectivity index (χ2n) is 6.80. The third-order valence-corrected chi connectivity index (χ3v) is 5.61. The first-order chi connectivity index (χ1) is 14.2. The Kier molecular flexibility index (Phi) is 6.50. The van der Waals surface area contributed by atoms with Gasteiger partial charge < -0.3 is 5.32 Å². The second-order valence-corrected chi connectivity index (χ2v) is 7.79. The molecule has 0 aliphatic heterocycles. The van der Waals surface area contributed by atoms with Crippen molar-refractivity contribution in [2.75, 3.05) is 5.75 Å². The van der Waals surface area contributed by atoms with Crippen LogP contribution in [0.5, 0.6) is 0 Å². The lowest BCUT2D eigenvalue weighted by Crippen LogP contribution is -2.25. The highest BCUT2D eigenvalue weighted by atomic mass is 32.2. The number of carbonyl (C=O) groups is 1. The van der Waals surface area contributed by atoms with Crippen molar-refractivity contribution >= 4 is 17.7 Å². The maximum Gasteiger partial charge on any atom is 0.417 e. The largest absolute Gasteiger partial charge is 0.417 e.